The average Bonchev–Trinajstić information content (AvgIpc) is 2.82. The molecular formula is C26H38N2O3. The Morgan fingerprint density at radius 2 is 1.48 bits per heavy atom. The zero-order valence-corrected chi connectivity index (χ0v) is 19.1. The standard InChI is InChI=1S/C26H38N2O3/c1-2-3-18-31-23-16-14-20(15-17-23)25-26(30)27(21-10-6-4-7-11-21)19-24(29)28(25)22-12-8-5-9-13-22/h14-17,21-22,25H,2-13,18-19H2,1H3/t25-/m0/s1. The molecule has 2 aliphatic carbocycles. The van der Waals surface area contributed by atoms with Crippen LogP contribution in [0.5, 0.6) is 5.75 Å². The first-order chi connectivity index (χ1) is 15.2. The summed E-state index contributed by atoms with van der Waals surface area (Å²) in [5.74, 6) is 1.09. The van der Waals surface area contributed by atoms with Gasteiger partial charge in [0.25, 0.3) is 5.91 Å². The molecule has 1 saturated heterocycles. The van der Waals surface area contributed by atoms with Gasteiger partial charge in [-0.05, 0) is 49.8 Å². The van der Waals surface area contributed by atoms with Crippen LogP contribution in [0.15, 0.2) is 24.3 Å². The summed E-state index contributed by atoms with van der Waals surface area (Å²) in [6.45, 7) is 3.12. The maximum absolute atomic E-state index is 13.8. The number of carbonyl (C=O) groups is 2. The molecule has 0 aromatic heterocycles. The zero-order chi connectivity index (χ0) is 21.6. The molecule has 3 fully saturated rings. The quantitative estimate of drug-likeness (QED) is 0.560. The molecular weight excluding hydrogens is 388 g/mol. The Labute approximate surface area is 187 Å². The highest BCUT2D eigenvalue weighted by molar-refractivity contribution is 5.96. The van der Waals surface area contributed by atoms with Crippen LogP contribution >= 0.6 is 0 Å². The van der Waals surface area contributed by atoms with E-state index in [2.05, 4.69) is 6.92 Å². The molecule has 170 valence electrons. The first-order valence-corrected chi connectivity index (χ1v) is 12.5. The van der Waals surface area contributed by atoms with Gasteiger partial charge in [0.05, 0.1) is 6.61 Å². The normalized spacial score (nSPS) is 24.0. The fourth-order valence-electron chi connectivity index (χ4n) is 5.58. The fourth-order valence-corrected chi connectivity index (χ4v) is 5.58. The van der Waals surface area contributed by atoms with Gasteiger partial charge in [0.2, 0.25) is 5.91 Å². The molecule has 31 heavy (non-hydrogen) atoms. The lowest BCUT2D eigenvalue weighted by Crippen LogP contribution is -2.61. The van der Waals surface area contributed by atoms with Crippen LogP contribution in [0.25, 0.3) is 0 Å². The predicted molar refractivity (Wildman–Crippen MR) is 122 cm³/mol. The molecule has 1 aromatic rings. The van der Waals surface area contributed by atoms with E-state index < -0.39 is 6.04 Å². The first kappa shape index (κ1) is 22.2. The summed E-state index contributed by atoms with van der Waals surface area (Å²) in [5, 5.41) is 0. The molecule has 2 amide bonds. The number of carbonyl (C=O) groups excluding carboxylic acids is 2. The van der Waals surface area contributed by atoms with Crippen molar-refractivity contribution in [2.24, 2.45) is 0 Å². The maximum Gasteiger partial charge on any atom is 0.250 e. The minimum Gasteiger partial charge on any atom is -0.494 e. The SMILES string of the molecule is CCCCOc1ccc([C@H]2C(=O)N(C3CCCCC3)CC(=O)N2C2CCCCC2)cc1. The van der Waals surface area contributed by atoms with E-state index in [4.69, 9.17) is 4.74 Å². The third kappa shape index (κ3) is 5.07. The predicted octanol–water partition coefficient (Wildman–Crippen LogP) is 5.24. The van der Waals surface area contributed by atoms with Crippen LogP contribution in [-0.4, -0.2) is 46.8 Å². The first-order valence-electron chi connectivity index (χ1n) is 12.5. The number of hydrogen-bond acceptors (Lipinski definition) is 3. The van der Waals surface area contributed by atoms with Gasteiger partial charge in [-0.1, -0.05) is 64.0 Å². The van der Waals surface area contributed by atoms with Crippen LogP contribution in [0.4, 0.5) is 0 Å². The summed E-state index contributed by atoms with van der Waals surface area (Å²) < 4.78 is 5.82. The topological polar surface area (TPSA) is 49.9 Å². The number of unbranched alkanes of at least 4 members (excludes halogenated alkanes) is 1. The third-order valence-corrected chi connectivity index (χ3v) is 7.33. The van der Waals surface area contributed by atoms with Crippen LogP contribution < -0.4 is 4.74 Å². The van der Waals surface area contributed by atoms with E-state index in [1.807, 2.05) is 34.1 Å². The minimum atomic E-state index is -0.490. The summed E-state index contributed by atoms with van der Waals surface area (Å²) in [7, 11) is 0. The van der Waals surface area contributed by atoms with Crippen LogP contribution in [0.1, 0.15) is 95.6 Å². The van der Waals surface area contributed by atoms with Crippen LogP contribution in [0.2, 0.25) is 0 Å². The highest BCUT2D eigenvalue weighted by atomic mass is 16.5. The van der Waals surface area contributed by atoms with E-state index in [1.165, 1.54) is 12.8 Å². The smallest absolute Gasteiger partial charge is 0.250 e. The van der Waals surface area contributed by atoms with Crippen molar-refractivity contribution in [2.45, 2.75) is 102 Å². The van der Waals surface area contributed by atoms with Crippen molar-refractivity contribution < 1.29 is 14.3 Å². The second kappa shape index (κ2) is 10.5. The molecule has 2 saturated carbocycles. The van der Waals surface area contributed by atoms with Gasteiger partial charge in [-0.3, -0.25) is 9.59 Å². The van der Waals surface area contributed by atoms with Crippen molar-refractivity contribution in [1.82, 2.24) is 9.80 Å². The molecule has 3 aliphatic rings. The number of rotatable bonds is 7. The van der Waals surface area contributed by atoms with Crippen molar-refractivity contribution in [3.05, 3.63) is 29.8 Å². The molecule has 5 heteroatoms. The molecule has 1 aromatic carbocycles. The number of ether oxygens (including phenoxy) is 1. The Morgan fingerprint density at radius 1 is 0.871 bits per heavy atom. The Balaban J connectivity index is 1.59. The molecule has 0 bridgehead atoms. The summed E-state index contributed by atoms with van der Waals surface area (Å²) in [4.78, 5) is 31.1. The second-order valence-corrected chi connectivity index (χ2v) is 9.52. The molecule has 0 N–H and O–H groups in total. The van der Waals surface area contributed by atoms with Gasteiger partial charge in [0.1, 0.15) is 18.3 Å². The minimum absolute atomic E-state index is 0.122. The molecule has 0 radical (unpaired) electrons. The van der Waals surface area contributed by atoms with E-state index in [9.17, 15) is 9.59 Å². The average molecular weight is 427 g/mol. The van der Waals surface area contributed by atoms with Crippen molar-refractivity contribution in [1.29, 1.82) is 0 Å². The van der Waals surface area contributed by atoms with Gasteiger partial charge in [0, 0.05) is 12.1 Å². The molecule has 0 unspecified atom stereocenters. The van der Waals surface area contributed by atoms with E-state index in [1.54, 1.807) is 0 Å². The van der Waals surface area contributed by atoms with Crippen LogP contribution in [-0.2, 0) is 9.59 Å². The van der Waals surface area contributed by atoms with E-state index in [-0.39, 0.29) is 30.4 Å². The lowest BCUT2D eigenvalue weighted by Gasteiger charge is -2.48. The highest BCUT2D eigenvalue weighted by Crippen LogP contribution is 2.37. The van der Waals surface area contributed by atoms with E-state index in [0.717, 1.165) is 75.5 Å². The van der Waals surface area contributed by atoms with Crippen molar-refractivity contribution in [3.8, 4) is 5.75 Å². The largest absolute Gasteiger partial charge is 0.494 e. The second-order valence-electron chi connectivity index (χ2n) is 9.52. The summed E-state index contributed by atoms with van der Waals surface area (Å²) >= 11 is 0. The summed E-state index contributed by atoms with van der Waals surface area (Å²) in [6, 6.07) is 7.83. The number of amides is 2. The number of piperazine rings is 1. The number of benzene rings is 1. The Hall–Kier alpha value is -2.04. The molecule has 1 atom stereocenters. The Bertz CT molecular complexity index is 736. The Kier molecular flexibility index (Phi) is 7.52. The van der Waals surface area contributed by atoms with Crippen LogP contribution in [0.3, 0.4) is 0 Å². The monoisotopic (exact) mass is 426 g/mol. The van der Waals surface area contributed by atoms with E-state index in [0.29, 0.717) is 6.61 Å². The van der Waals surface area contributed by atoms with Gasteiger partial charge < -0.3 is 14.5 Å². The maximum atomic E-state index is 13.8. The van der Waals surface area contributed by atoms with Gasteiger partial charge in [0.15, 0.2) is 0 Å². The van der Waals surface area contributed by atoms with Crippen molar-refractivity contribution >= 4 is 11.8 Å². The van der Waals surface area contributed by atoms with E-state index >= 15 is 0 Å². The Morgan fingerprint density at radius 3 is 2.10 bits per heavy atom. The summed E-state index contributed by atoms with van der Waals surface area (Å²) in [6.07, 6.45) is 13.3. The molecule has 1 aliphatic heterocycles. The number of nitrogens with zero attached hydrogens (tertiary/aromatic N) is 2. The lowest BCUT2D eigenvalue weighted by atomic mass is 9.88. The van der Waals surface area contributed by atoms with Crippen molar-refractivity contribution in [3.63, 3.8) is 0 Å². The molecule has 4 rings (SSSR count). The fraction of sp³-hybridized carbons (Fsp3) is 0.692. The van der Waals surface area contributed by atoms with Gasteiger partial charge in [-0.25, -0.2) is 0 Å². The third-order valence-electron chi connectivity index (χ3n) is 7.33. The molecule has 1 heterocycles. The summed E-state index contributed by atoms with van der Waals surface area (Å²) in [5.41, 5.74) is 0.923. The van der Waals surface area contributed by atoms with Gasteiger partial charge in [-0.15, -0.1) is 0 Å². The molecule has 5 nitrogen and oxygen atoms in total. The van der Waals surface area contributed by atoms with Gasteiger partial charge in [-0.2, -0.15) is 0 Å². The van der Waals surface area contributed by atoms with Gasteiger partial charge >= 0.3 is 0 Å². The van der Waals surface area contributed by atoms with Crippen LogP contribution in [0, 0.1) is 0 Å². The highest BCUT2D eigenvalue weighted by Gasteiger charge is 2.45. The molecule has 0 spiro atoms. The lowest BCUT2D eigenvalue weighted by molar-refractivity contribution is -0.162. The van der Waals surface area contributed by atoms with Crippen molar-refractivity contribution in [2.75, 3.05) is 13.2 Å². The number of hydrogen-bond donors (Lipinski definition) is 0. The zero-order valence-electron chi connectivity index (χ0n) is 19.1.